The van der Waals surface area contributed by atoms with E-state index in [0.717, 1.165) is 85.6 Å². The van der Waals surface area contributed by atoms with Gasteiger partial charge in [-0.25, -0.2) is 56.2 Å². The fourth-order valence-electron chi connectivity index (χ4n) is 8.99. The molecule has 2 heterocycles. The first kappa shape index (κ1) is 104. The molecule has 0 aliphatic heterocycles. The molecule has 2 aromatic heterocycles. The molecule has 0 aliphatic rings. The smallest absolute Gasteiger partial charge is 0.336 e. The maximum Gasteiger partial charge on any atom is 0.336 e. The van der Waals surface area contributed by atoms with Crippen LogP contribution in [0.1, 0.15) is 32.6 Å². The molecular weight excluding hydrogens is 1410 g/mol. The minimum atomic E-state index is -0.887. The first-order chi connectivity index (χ1) is 51.8. The van der Waals surface area contributed by atoms with Gasteiger partial charge in [-0.05, 0) is 24.7 Å². The van der Waals surface area contributed by atoms with E-state index in [9.17, 15) is 28.8 Å². The van der Waals surface area contributed by atoms with Gasteiger partial charge in [0.05, 0.1) is 59.3 Å². The van der Waals surface area contributed by atoms with E-state index in [4.69, 9.17) is 132 Å². The second-order valence-corrected chi connectivity index (χ2v) is 22.2. The molecular formula is C65H133N21O21. The van der Waals surface area contributed by atoms with E-state index in [1.807, 2.05) is 6.92 Å². The summed E-state index contributed by atoms with van der Waals surface area (Å²) < 4.78 is 37.0. The van der Waals surface area contributed by atoms with Gasteiger partial charge < -0.3 is 158 Å². The normalized spacial score (nSPS) is 10.7. The average molecular weight is 1540 g/mol. The number of aromatic nitrogens is 6. The van der Waals surface area contributed by atoms with Crippen molar-refractivity contribution in [3.05, 3.63) is 99.3 Å². The molecule has 42 nitrogen and oxygen atoms in total. The van der Waals surface area contributed by atoms with Crippen molar-refractivity contribution in [2.24, 2.45) is 62.8 Å². The van der Waals surface area contributed by atoms with Gasteiger partial charge in [-0.2, -0.15) is 0 Å². The van der Waals surface area contributed by atoms with Gasteiger partial charge in [-0.3, -0.25) is 0 Å². The first-order valence-electron chi connectivity index (χ1n) is 35.8. The second kappa shape index (κ2) is 72.0. The Morgan fingerprint density at radius 2 is 0.467 bits per heavy atom. The Morgan fingerprint density at radius 1 is 0.271 bits per heavy atom. The molecule has 107 heavy (non-hydrogen) atoms. The highest BCUT2D eigenvalue weighted by Crippen LogP contribution is 2.34. The third-order valence-electron chi connectivity index (χ3n) is 14.1. The summed E-state index contributed by atoms with van der Waals surface area (Å²) in [5.41, 5.74) is 48.6. The number of hydrogen-bond acceptors (Lipinski definition) is 36. The summed E-state index contributed by atoms with van der Waals surface area (Å²) in [6.45, 7) is 16.1. The predicted octanol–water partition coefficient (Wildman–Crippen LogP) is -12.0. The molecule has 0 saturated heterocycles. The molecule has 0 aliphatic carbocycles. The molecule has 0 radical (unpaired) electrons. The van der Waals surface area contributed by atoms with Gasteiger partial charge in [0, 0.05) is 207 Å². The van der Waals surface area contributed by atoms with E-state index >= 15 is 0 Å². The molecule has 0 amide bonds. The van der Waals surface area contributed by atoms with Crippen molar-refractivity contribution in [1.82, 2.24) is 54.0 Å². The molecule has 0 atom stereocenters. The lowest BCUT2D eigenvalue weighted by Crippen LogP contribution is -2.56. The summed E-state index contributed by atoms with van der Waals surface area (Å²) in [6, 6.07) is 10.2. The van der Waals surface area contributed by atoms with Crippen LogP contribution in [0.25, 0.3) is 0 Å². The second-order valence-electron chi connectivity index (χ2n) is 22.2. The van der Waals surface area contributed by atoms with Crippen LogP contribution in [0.15, 0.2) is 65.2 Å². The first-order valence-corrected chi connectivity index (χ1v) is 35.8. The predicted molar refractivity (Wildman–Crippen MR) is 410 cm³/mol. The summed E-state index contributed by atoms with van der Waals surface area (Å²) in [5.74, 6) is 3.44. The van der Waals surface area contributed by atoms with Crippen LogP contribution in [0.4, 0.5) is 0 Å². The SMILES string of the molecule is CCC(CCO)(CCO)CCO.NCCNCCNCCN.NCCNCCNCCNCCN.NCCOc1cc(OCCN)cc(OCCN)c1.NCCn1c(=O)n(CCN)c(=O)n(CCN)c1=O.O=c1n(CCO)c(=O)n(CCO)c(=O)n1CCO.OCCOc1cc(OCCO)cc(OCCO)c1. The number of benzene rings is 2. The lowest BCUT2D eigenvalue weighted by Gasteiger charge is -2.30. The van der Waals surface area contributed by atoms with Crippen molar-refractivity contribution in [2.45, 2.75) is 71.9 Å². The Balaban J connectivity index is -0.00000119. The van der Waals surface area contributed by atoms with Gasteiger partial charge in [-0.1, -0.05) is 13.3 Å². The monoisotopic (exact) mass is 1540 g/mol. The van der Waals surface area contributed by atoms with Crippen LogP contribution >= 0.6 is 0 Å². The van der Waals surface area contributed by atoms with Crippen LogP contribution in [-0.4, -0.2) is 303 Å². The highest BCUT2D eigenvalue weighted by molar-refractivity contribution is 5.43. The van der Waals surface area contributed by atoms with Crippen LogP contribution in [0.5, 0.6) is 34.5 Å². The summed E-state index contributed by atoms with van der Waals surface area (Å²) in [6.07, 6.45) is 2.91. The van der Waals surface area contributed by atoms with E-state index in [0.29, 0.717) is 133 Å². The molecule has 0 spiro atoms. The number of nitrogens with zero attached hydrogens (tertiary/aromatic N) is 6. The number of aliphatic hydroxyl groups is 9. The molecule has 0 fully saturated rings. The number of rotatable bonds is 54. The van der Waals surface area contributed by atoms with Crippen LogP contribution in [0, 0.1) is 5.41 Å². The van der Waals surface area contributed by atoms with Crippen LogP contribution in [0.3, 0.4) is 0 Å². The van der Waals surface area contributed by atoms with E-state index in [2.05, 4.69) is 26.6 Å². The standard InChI is InChI=1S/C12H21N3O3.C12H18O6.C9H18N6O3.C9H15N3O6.C9H20O3.C8H23N5.C6H18N4/c2*13-1-4-16-10-7-11(17-5-2-14)9-12(8-10)18-6-3-15;10-1-4-13-7(16)14(5-2-11)9(18)15(6-3-12)8(13)17;13-4-1-10-7(16)11(2-5-14)9(18)12(3-6-15)8(10)17;1-2-9(3-6-10,4-7-11)5-8-12;9-1-3-11-5-7-13-8-6-12-4-2-10;7-1-3-9-5-6-10-4-2-8/h7-9H,1-6,13-15H2;7-9,13-15H,1-6H2;1-6,10-12H2;13-15H,1-6H2;10-12H,2-8H2,1H3;11-13H,1-10H2;9-10H,1-8H2. The number of ether oxygens (including phenoxy) is 6. The molecule has 624 valence electrons. The Bertz CT molecular complexity index is 2570. The van der Waals surface area contributed by atoms with Gasteiger partial charge in [0.1, 0.15) is 74.1 Å². The largest absolute Gasteiger partial charge is 0.492 e. The van der Waals surface area contributed by atoms with Crippen molar-refractivity contribution < 1.29 is 74.4 Å². The molecule has 34 N–H and O–H groups in total. The molecule has 2 aromatic carbocycles. The van der Waals surface area contributed by atoms with Crippen molar-refractivity contribution in [2.75, 3.05) is 230 Å². The summed E-state index contributed by atoms with van der Waals surface area (Å²) >= 11 is 0. The Hall–Kier alpha value is -6.90. The van der Waals surface area contributed by atoms with Crippen LogP contribution < -0.4 is 146 Å². The zero-order valence-electron chi connectivity index (χ0n) is 62.7. The molecule has 42 heteroatoms. The minimum absolute atomic E-state index is 0.0487. The number of aliphatic hydroxyl groups excluding tert-OH is 9. The Labute approximate surface area is 624 Å². The van der Waals surface area contributed by atoms with Crippen molar-refractivity contribution in [3.8, 4) is 34.5 Å². The van der Waals surface area contributed by atoms with E-state index in [-0.39, 0.29) is 124 Å². The minimum Gasteiger partial charge on any atom is -0.492 e. The van der Waals surface area contributed by atoms with Gasteiger partial charge in [0.25, 0.3) is 0 Å². The molecule has 0 saturated carbocycles. The van der Waals surface area contributed by atoms with Gasteiger partial charge in [0.15, 0.2) is 0 Å². The third-order valence-corrected chi connectivity index (χ3v) is 14.1. The van der Waals surface area contributed by atoms with E-state index < -0.39 is 54.0 Å². The summed E-state index contributed by atoms with van der Waals surface area (Å²) in [5, 5.41) is 95.0. The highest BCUT2D eigenvalue weighted by atomic mass is 16.5. The van der Waals surface area contributed by atoms with Crippen molar-refractivity contribution in [3.63, 3.8) is 0 Å². The van der Waals surface area contributed by atoms with Crippen molar-refractivity contribution >= 4 is 0 Å². The van der Waals surface area contributed by atoms with Crippen molar-refractivity contribution in [1.29, 1.82) is 0 Å². The third kappa shape index (κ3) is 48.3. The molecule has 4 aromatic rings. The summed E-state index contributed by atoms with van der Waals surface area (Å²) in [7, 11) is 0. The number of nitrogens with one attached hydrogen (secondary N) is 5. The zero-order valence-corrected chi connectivity index (χ0v) is 62.7. The van der Waals surface area contributed by atoms with Gasteiger partial charge in [-0.15, -0.1) is 0 Å². The van der Waals surface area contributed by atoms with Crippen LogP contribution in [-0.2, 0) is 39.3 Å². The number of nitrogens with two attached hydrogens (primary N) is 10. The summed E-state index contributed by atoms with van der Waals surface area (Å²) in [4.78, 5) is 71.1. The highest BCUT2D eigenvalue weighted by Gasteiger charge is 2.26. The van der Waals surface area contributed by atoms with E-state index in [1.54, 1.807) is 36.4 Å². The zero-order chi connectivity index (χ0) is 80.7. The van der Waals surface area contributed by atoms with Gasteiger partial charge in [0.2, 0.25) is 0 Å². The van der Waals surface area contributed by atoms with E-state index in [1.165, 1.54) is 0 Å². The topological polar surface area (TPSA) is 690 Å². The Kier molecular flexibility index (Phi) is 70.1. The Morgan fingerprint density at radius 3 is 0.626 bits per heavy atom. The number of hydrogen-bond donors (Lipinski definition) is 24. The molecule has 0 bridgehead atoms. The lowest BCUT2D eigenvalue weighted by atomic mass is 9.76. The maximum absolute atomic E-state index is 11.9. The molecule has 4 rings (SSSR count). The maximum atomic E-state index is 11.9. The van der Waals surface area contributed by atoms with Gasteiger partial charge >= 0.3 is 34.1 Å². The fourth-order valence-corrected chi connectivity index (χ4v) is 8.99. The van der Waals surface area contributed by atoms with Crippen LogP contribution in [0.2, 0.25) is 0 Å². The average Bonchev–Trinajstić information content (AvgIpc) is 0.795. The fraction of sp³-hybridized carbons (Fsp3) is 0.723. The lowest BCUT2D eigenvalue weighted by molar-refractivity contribution is 0.0956. The quantitative estimate of drug-likeness (QED) is 0.0183. The molecule has 0 unspecified atom stereocenters.